The molecule has 0 unspecified atom stereocenters. The Bertz CT molecular complexity index is 967. The van der Waals surface area contributed by atoms with Crippen LogP contribution < -0.4 is 10.1 Å². The lowest BCUT2D eigenvalue weighted by Gasteiger charge is -2.13. The third-order valence-corrected chi connectivity index (χ3v) is 3.35. The van der Waals surface area contributed by atoms with E-state index in [4.69, 9.17) is 4.74 Å². The first kappa shape index (κ1) is 17.6. The molecular weight excluding hydrogens is 346 g/mol. The lowest BCUT2D eigenvalue weighted by molar-refractivity contribution is -0.114. The number of anilines is 1. The predicted octanol–water partition coefficient (Wildman–Crippen LogP) is 2.68. The number of carbonyl (C=O) groups is 1. The molecular formula is C16H16F2N6O2. The maximum atomic E-state index is 13.8. The lowest BCUT2D eigenvalue weighted by atomic mass is 10.3. The number of halogens is 2. The Hall–Kier alpha value is -3.17. The Labute approximate surface area is 147 Å². The van der Waals surface area contributed by atoms with E-state index >= 15 is 0 Å². The van der Waals surface area contributed by atoms with Crippen molar-refractivity contribution in [3.05, 3.63) is 30.4 Å². The van der Waals surface area contributed by atoms with Crippen molar-refractivity contribution < 1.29 is 18.3 Å². The number of rotatable bonds is 5. The van der Waals surface area contributed by atoms with E-state index in [1.54, 1.807) is 13.0 Å². The normalized spacial score (nSPS) is 11.6. The molecule has 0 bridgehead atoms. The van der Waals surface area contributed by atoms with Gasteiger partial charge >= 0.3 is 5.92 Å². The first-order valence-corrected chi connectivity index (χ1v) is 7.80. The quantitative estimate of drug-likeness (QED) is 0.750. The summed E-state index contributed by atoms with van der Waals surface area (Å²) in [5.41, 5.74) is 0.537. The molecule has 1 N–H and O–H groups in total. The van der Waals surface area contributed by atoms with E-state index in [0.717, 1.165) is 0 Å². The highest BCUT2D eigenvalue weighted by molar-refractivity contribution is 5.90. The van der Waals surface area contributed by atoms with Crippen molar-refractivity contribution >= 4 is 22.6 Å². The van der Waals surface area contributed by atoms with Gasteiger partial charge < -0.3 is 10.1 Å². The fourth-order valence-corrected chi connectivity index (χ4v) is 2.29. The van der Waals surface area contributed by atoms with E-state index in [0.29, 0.717) is 23.6 Å². The third kappa shape index (κ3) is 3.58. The van der Waals surface area contributed by atoms with Crippen LogP contribution in [0.3, 0.4) is 0 Å². The zero-order valence-corrected chi connectivity index (χ0v) is 14.3. The predicted molar refractivity (Wildman–Crippen MR) is 89.5 cm³/mol. The summed E-state index contributed by atoms with van der Waals surface area (Å²) < 4.78 is 34.1. The summed E-state index contributed by atoms with van der Waals surface area (Å²) in [5.74, 6) is -3.74. The van der Waals surface area contributed by atoms with Gasteiger partial charge in [0.15, 0.2) is 5.82 Å². The smallest absolute Gasteiger partial charge is 0.304 e. The van der Waals surface area contributed by atoms with Gasteiger partial charge in [-0.1, -0.05) is 0 Å². The summed E-state index contributed by atoms with van der Waals surface area (Å²) in [6.07, 6.45) is 3.04. The maximum Gasteiger partial charge on any atom is 0.304 e. The molecule has 8 nitrogen and oxygen atoms in total. The Morgan fingerprint density at radius 1 is 1.31 bits per heavy atom. The second-order valence-corrected chi connectivity index (χ2v) is 5.58. The molecule has 0 fully saturated rings. The van der Waals surface area contributed by atoms with Crippen molar-refractivity contribution in [2.24, 2.45) is 0 Å². The Morgan fingerprint density at radius 3 is 2.73 bits per heavy atom. The average molecular weight is 362 g/mol. The van der Waals surface area contributed by atoms with Crippen molar-refractivity contribution in [2.75, 3.05) is 11.9 Å². The Kier molecular flexibility index (Phi) is 4.49. The van der Waals surface area contributed by atoms with Crippen LogP contribution in [0.2, 0.25) is 0 Å². The van der Waals surface area contributed by atoms with E-state index < -0.39 is 11.7 Å². The lowest BCUT2D eigenvalue weighted by Crippen LogP contribution is -2.16. The van der Waals surface area contributed by atoms with Crippen LogP contribution in [0.25, 0.3) is 16.7 Å². The van der Waals surface area contributed by atoms with Gasteiger partial charge in [0.2, 0.25) is 17.6 Å². The Balaban J connectivity index is 2.15. The topological polar surface area (TPSA) is 94.8 Å². The molecule has 10 heteroatoms. The standard InChI is InChI=1S/C16H16F2N6O2/c1-4-26-14-6-13(22-15(23-14)16(3,17)18)24-11-5-12(21-9(2)25)19-7-10(11)8-20-24/h5-8H,4H2,1-3H3,(H,19,21,25). The van der Waals surface area contributed by atoms with Crippen molar-refractivity contribution in [1.29, 1.82) is 0 Å². The van der Waals surface area contributed by atoms with Gasteiger partial charge in [-0.2, -0.15) is 18.9 Å². The van der Waals surface area contributed by atoms with E-state index in [-0.39, 0.29) is 24.2 Å². The molecule has 136 valence electrons. The van der Waals surface area contributed by atoms with E-state index in [9.17, 15) is 13.6 Å². The van der Waals surface area contributed by atoms with Crippen LogP contribution in [0.5, 0.6) is 5.88 Å². The van der Waals surface area contributed by atoms with Crippen molar-refractivity contribution in [2.45, 2.75) is 26.7 Å². The van der Waals surface area contributed by atoms with Crippen molar-refractivity contribution in [1.82, 2.24) is 24.7 Å². The van der Waals surface area contributed by atoms with Crippen LogP contribution in [0, 0.1) is 0 Å². The maximum absolute atomic E-state index is 13.8. The molecule has 3 aromatic heterocycles. The summed E-state index contributed by atoms with van der Waals surface area (Å²) >= 11 is 0. The number of amides is 1. The molecule has 0 aliphatic carbocycles. The average Bonchev–Trinajstić information content (AvgIpc) is 2.96. The minimum absolute atomic E-state index is 0.0221. The Morgan fingerprint density at radius 2 is 2.08 bits per heavy atom. The molecule has 0 radical (unpaired) electrons. The van der Waals surface area contributed by atoms with E-state index in [2.05, 4.69) is 25.4 Å². The van der Waals surface area contributed by atoms with Gasteiger partial charge in [-0.05, 0) is 6.92 Å². The zero-order valence-electron chi connectivity index (χ0n) is 14.3. The second kappa shape index (κ2) is 6.62. The van der Waals surface area contributed by atoms with Crippen LogP contribution in [0.1, 0.15) is 26.6 Å². The number of alkyl halides is 2. The zero-order chi connectivity index (χ0) is 18.9. The minimum Gasteiger partial charge on any atom is -0.478 e. The highest BCUT2D eigenvalue weighted by Gasteiger charge is 2.30. The molecule has 0 aliphatic rings. The summed E-state index contributed by atoms with van der Waals surface area (Å²) in [4.78, 5) is 23.0. The van der Waals surface area contributed by atoms with Gasteiger partial charge in [0.1, 0.15) is 5.82 Å². The molecule has 3 aromatic rings. The number of nitrogens with zero attached hydrogens (tertiary/aromatic N) is 5. The van der Waals surface area contributed by atoms with Crippen molar-refractivity contribution in [3.63, 3.8) is 0 Å². The molecule has 26 heavy (non-hydrogen) atoms. The summed E-state index contributed by atoms with van der Waals surface area (Å²) in [6.45, 7) is 4.06. The monoisotopic (exact) mass is 362 g/mol. The molecule has 0 saturated carbocycles. The van der Waals surface area contributed by atoms with Gasteiger partial charge in [0.05, 0.1) is 18.3 Å². The minimum atomic E-state index is -3.24. The number of carbonyl (C=O) groups excluding carboxylic acids is 1. The number of nitrogens with one attached hydrogen (secondary N) is 1. The number of hydrogen-bond donors (Lipinski definition) is 1. The number of pyridine rings is 1. The van der Waals surface area contributed by atoms with Gasteiger partial charge in [0.25, 0.3) is 0 Å². The second-order valence-electron chi connectivity index (χ2n) is 5.58. The van der Waals surface area contributed by atoms with Gasteiger partial charge in [0, 0.05) is 37.6 Å². The van der Waals surface area contributed by atoms with Crippen LogP contribution in [0.15, 0.2) is 24.5 Å². The summed E-state index contributed by atoms with van der Waals surface area (Å²) in [7, 11) is 0. The van der Waals surface area contributed by atoms with Crippen LogP contribution in [-0.4, -0.2) is 37.2 Å². The summed E-state index contributed by atoms with van der Waals surface area (Å²) in [6, 6.07) is 3.00. The molecule has 0 aliphatic heterocycles. The van der Waals surface area contributed by atoms with E-state index in [1.165, 1.54) is 30.1 Å². The fourth-order valence-electron chi connectivity index (χ4n) is 2.29. The SMILES string of the molecule is CCOc1cc(-n2ncc3cnc(NC(C)=O)cc32)nc(C(C)(F)F)n1. The molecule has 1 amide bonds. The first-order chi connectivity index (χ1) is 12.3. The third-order valence-electron chi connectivity index (χ3n) is 3.35. The van der Waals surface area contributed by atoms with Gasteiger partial charge in [-0.3, -0.25) is 4.79 Å². The number of aromatic nitrogens is 5. The van der Waals surface area contributed by atoms with Gasteiger partial charge in [-0.15, -0.1) is 0 Å². The number of fused-ring (bicyclic) bond motifs is 1. The van der Waals surface area contributed by atoms with Gasteiger partial charge in [-0.25, -0.2) is 14.6 Å². The molecule has 0 saturated heterocycles. The fraction of sp³-hybridized carbons (Fsp3) is 0.312. The highest BCUT2D eigenvalue weighted by atomic mass is 19.3. The molecule has 0 spiro atoms. The first-order valence-electron chi connectivity index (χ1n) is 7.80. The van der Waals surface area contributed by atoms with E-state index in [1.807, 2.05) is 0 Å². The summed E-state index contributed by atoms with van der Waals surface area (Å²) in [5, 5.41) is 7.40. The molecule has 3 heterocycles. The van der Waals surface area contributed by atoms with Crippen LogP contribution in [-0.2, 0) is 10.7 Å². The van der Waals surface area contributed by atoms with Crippen LogP contribution in [0.4, 0.5) is 14.6 Å². The molecule has 3 rings (SSSR count). The number of hydrogen-bond acceptors (Lipinski definition) is 6. The molecule has 0 aromatic carbocycles. The number of ether oxygens (including phenoxy) is 1. The van der Waals surface area contributed by atoms with Crippen molar-refractivity contribution in [3.8, 4) is 11.7 Å². The highest BCUT2D eigenvalue weighted by Crippen LogP contribution is 2.28. The molecule has 0 atom stereocenters. The largest absolute Gasteiger partial charge is 0.478 e. The van der Waals surface area contributed by atoms with Crippen LogP contribution >= 0.6 is 0 Å².